The van der Waals surface area contributed by atoms with Crippen LogP contribution >= 0.6 is 0 Å². The third-order valence-electron chi connectivity index (χ3n) is 8.86. The minimum atomic E-state index is -0.193. The summed E-state index contributed by atoms with van der Waals surface area (Å²) in [5.41, 5.74) is 5.21. The molecule has 48 heavy (non-hydrogen) atoms. The summed E-state index contributed by atoms with van der Waals surface area (Å²) in [4.78, 5) is 39.7. The first kappa shape index (κ1) is 31.0. The van der Waals surface area contributed by atoms with E-state index in [0.717, 1.165) is 28.9 Å². The molecule has 4 heterocycles. The van der Waals surface area contributed by atoms with Crippen LogP contribution in [-0.4, -0.2) is 80.7 Å². The predicted octanol–water partition coefficient (Wildman–Crippen LogP) is 6.37. The van der Waals surface area contributed by atoms with Gasteiger partial charge in [0.15, 0.2) is 23.0 Å². The summed E-state index contributed by atoms with van der Waals surface area (Å²) in [6.07, 6.45) is 9.37. The second-order valence-electron chi connectivity index (χ2n) is 12.0. The van der Waals surface area contributed by atoms with Gasteiger partial charge in [-0.2, -0.15) is 0 Å². The van der Waals surface area contributed by atoms with Gasteiger partial charge in [0, 0.05) is 49.8 Å². The summed E-state index contributed by atoms with van der Waals surface area (Å²) in [6, 6.07) is 14.4. The van der Waals surface area contributed by atoms with Crippen molar-refractivity contribution in [2.45, 2.75) is 38.3 Å². The van der Waals surface area contributed by atoms with Gasteiger partial charge in [0.05, 0.1) is 69.1 Å². The number of fused-ring (bicyclic) bond motifs is 4. The van der Waals surface area contributed by atoms with Gasteiger partial charge >= 0.3 is 0 Å². The number of carbonyl (C=O) groups excluding carboxylic acids is 2. The lowest BCUT2D eigenvalue weighted by atomic mass is 10.0. The molecule has 246 valence electrons. The van der Waals surface area contributed by atoms with Crippen LogP contribution in [0.25, 0.3) is 5.57 Å². The van der Waals surface area contributed by atoms with Crippen LogP contribution in [-0.2, 0) is 0 Å². The number of nitrogens with zero attached hydrogens (tertiary/aromatic N) is 4. The first-order valence-electron chi connectivity index (χ1n) is 15.8. The molecule has 0 saturated carbocycles. The van der Waals surface area contributed by atoms with Gasteiger partial charge in [0.25, 0.3) is 11.8 Å². The van der Waals surface area contributed by atoms with E-state index in [1.807, 2.05) is 56.0 Å². The molecule has 0 fully saturated rings. The highest BCUT2D eigenvalue weighted by molar-refractivity contribution is 6.06. The molecular formula is C37H36N4O7. The highest BCUT2D eigenvalue weighted by Crippen LogP contribution is 2.41. The molecule has 2 amide bonds. The van der Waals surface area contributed by atoms with E-state index >= 15 is 0 Å². The maximum Gasteiger partial charge on any atom is 0.260 e. The molecule has 0 aliphatic carbocycles. The van der Waals surface area contributed by atoms with E-state index in [4.69, 9.17) is 23.7 Å². The molecule has 0 radical (unpaired) electrons. The third-order valence-corrected chi connectivity index (χ3v) is 8.86. The summed E-state index contributed by atoms with van der Waals surface area (Å²) < 4.78 is 28.6. The largest absolute Gasteiger partial charge is 0.497 e. The number of rotatable bonds is 10. The van der Waals surface area contributed by atoms with Crippen LogP contribution in [0.5, 0.6) is 28.7 Å². The number of hydrogen-bond acceptors (Lipinski definition) is 9. The zero-order valence-electron chi connectivity index (χ0n) is 27.3. The lowest BCUT2D eigenvalue weighted by molar-refractivity contribution is 0.0809. The van der Waals surface area contributed by atoms with E-state index in [1.54, 1.807) is 55.4 Å². The SMILES string of the molecule is COc1ccc(C2=CN3C(=O)c4cc(OC)c(OCCCOc5cc6c(cc5OC)C(=O)N5C=C(C)C[C@@H]5C=N6)cc4N=C[C@H]3C2)cc1. The Morgan fingerprint density at radius 3 is 1.77 bits per heavy atom. The number of carbonyl (C=O) groups is 2. The highest BCUT2D eigenvalue weighted by Gasteiger charge is 2.34. The van der Waals surface area contributed by atoms with Crippen LogP contribution in [0.3, 0.4) is 0 Å². The van der Waals surface area contributed by atoms with Gasteiger partial charge in [-0.25, -0.2) is 0 Å². The molecule has 2 atom stereocenters. The van der Waals surface area contributed by atoms with Crippen LogP contribution in [0.1, 0.15) is 52.5 Å². The summed E-state index contributed by atoms with van der Waals surface area (Å²) in [5, 5.41) is 0. The van der Waals surface area contributed by atoms with Crippen molar-refractivity contribution in [1.29, 1.82) is 0 Å². The molecule has 0 bridgehead atoms. The Kier molecular flexibility index (Phi) is 8.34. The Hall–Kier alpha value is -5.58. The van der Waals surface area contributed by atoms with Crippen molar-refractivity contribution < 1.29 is 33.3 Å². The Morgan fingerprint density at radius 2 is 1.23 bits per heavy atom. The molecule has 3 aromatic rings. The fourth-order valence-electron chi connectivity index (χ4n) is 6.35. The number of benzene rings is 3. The fourth-order valence-corrected chi connectivity index (χ4v) is 6.35. The third kappa shape index (κ3) is 5.76. The van der Waals surface area contributed by atoms with E-state index in [-0.39, 0.29) is 23.9 Å². The second kappa shape index (κ2) is 12.9. The molecule has 11 nitrogen and oxygen atoms in total. The summed E-state index contributed by atoms with van der Waals surface area (Å²) in [7, 11) is 4.72. The maximum absolute atomic E-state index is 13.7. The second-order valence-corrected chi connectivity index (χ2v) is 12.0. The van der Waals surface area contributed by atoms with E-state index in [0.29, 0.717) is 71.6 Å². The fraction of sp³-hybridized carbons (Fsp3) is 0.297. The molecule has 4 aliphatic rings. The Morgan fingerprint density at radius 1 is 0.688 bits per heavy atom. The van der Waals surface area contributed by atoms with Crippen molar-refractivity contribution in [3.63, 3.8) is 0 Å². The van der Waals surface area contributed by atoms with Crippen molar-refractivity contribution in [3.05, 3.63) is 83.2 Å². The topological polar surface area (TPSA) is 111 Å². The van der Waals surface area contributed by atoms with Crippen LogP contribution in [0.15, 0.2) is 76.5 Å². The van der Waals surface area contributed by atoms with Gasteiger partial charge in [0.1, 0.15) is 5.75 Å². The minimum absolute atomic E-state index is 0.0851. The zero-order chi connectivity index (χ0) is 33.4. The van der Waals surface area contributed by atoms with Crippen molar-refractivity contribution in [1.82, 2.24) is 9.80 Å². The van der Waals surface area contributed by atoms with E-state index < -0.39 is 0 Å². The first-order valence-corrected chi connectivity index (χ1v) is 15.8. The Balaban J connectivity index is 1.00. The summed E-state index contributed by atoms with van der Waals surface area (Å²) in [6.45, 7) is 2.66. The monoisotopic (exact) mass is 648 g/mol. The first-order chi connectivity index (χ1) is 23.4. The molecule has 0 unspecified atom stereocenters. The molecule has 11 heteroatoms. The average Bonchev–Trinajstić information content (AvgIpc) is 3.65. The highest BCUT2D eigenvalue weighted by atomic mass is 16.5. The standard InChI is InChI=1S/C37H36N4O7/c1-22-12-25-18-38-30-16-34(32(45-3)14-28(30)36(42)40(25)20-22)47-10-5-11-48-35-17-31-29(15-33(35)46-4)37(43)41-21-24(13-26(41)19-39-31)23-6-8-27(44-2)9-7-23/h6-9,14-21,25-26H,5,10-13H2,1-4H3/t25-,26-/m1/s1. The molecule has 0 spiro atoms. The van der Waals surface area contributed by atoms with Gasteiger partial charge < -0.3 is 33.5 Å². The average molecular weight is 649 g/mol. The molecule has 7 rings (SSSR count). The van der Waals surface area contributed by atoms with Gasteiger partial charge in [-0.15, -0.1) is 0 Å². The molecule has 4 aliphatic heterocycles. The number of methoxy groups -OCH3 is 3. The molecule has 0 N–H and O–H groups in total. The molecule has 0 aromatic heterocycles. The summed E-state index contributed by atoms with van der Waals surface area (Å²) >= 11 is 0. The zero-order valence-corrected chi connectivity index (χ0v) is 27.3. The van der Waals surface area contributed by atoms with Gasteiger partial charge in [0.2, 0.25) is 0 Å². The lowest BCUT2D eigenvalue weighted by Gasteiger charge is -2.19. The maximum atomic E-state index is 13.7. The number of aliphatic imine (C=N–C) groups is 2. The molecular weight excluding hydrogens is 612 g/mol. The van der Waals surface area contributed by atoms with Gasteiger partial charge in [-0.3, -0.25) is 19.6 Å². The van der Waals surface area contributed by atoms with Gasteiger partial charge in [-0.05, 0) is 48.7 Å². The Labute approximate surface area is 278 Å². The van der Waals surface area contributed by atoms with Crippen molar-refractivity contribution in [3.8, 4) is 28.7 Å². The van der Waals surface area contributed by atoms with E-state index in [2.05, 4.69) is 9.98 Å². The van der Waals surface area contributed by atoms with Crippen molar-refractivity contribution in [2.24, 2.45) is 9.98 Å². The lowest BCUT2D eigenvalue weighted by Crippen LogP contribution is -2.32. The van der Waals surface area contributed by atoms with Gasteiger partial charge in [-0.1, -0.05) is 17.7 Å². The number of amides is 2. The van der Waals surface area contributed by atoms with Crippen molar-refractivity contribution >= 4 is 41.2 Å². The van der Waals surface area contributed by atoms with Crippen LogP contribution < -0.4 is 23.7 Å². The molecule has 0 saturated heterocycles. The van der Waals surface area contributed by atoms with Crippen molar-refractivity contribution in [2.75, 3.05) is 34.5 Å². The van der Waals surface area contributed by atoms with Crippen LogP contribution in [0.4, 0.5) is 11.4 Å². The molecule has 3 aromatic carbocycles. The number of ether oxygens (including phenoxy) is 5. The quantitative estimate of drug-likeness (QED) is 0.235. The normalized spacial score (nSPS) is 19.0. The van der Waals surface area contributed by atoms with Crippen LogP contribution in [0, 0.1) is 0 Å². The Bertz CT molecular complexity index is 1900. The smallest absolute Gasteiger partial charge is 0.260 e. The summed E-state index contributed by atoms with van der Waals surface area (Å²) in [5.74, 6) is 2.39. The predicted molar refractivity (Wildman–Crippen MR) is 182 cm³/mol. The van der Waals surface area contributed by atoms with Crippen LogP contribution in [0.2, 0.25) is 0 Å². The van der Waals surface area contributed by atoms with E-state index in [9.17, 15) is 9.59 Å². The minimum Gasteiger partial charge on any atom is -0.497 e. The van der Waals surface area contributed by atoms with E-state index in [1.165, 1.54) is 0 Å². The number of hydrogen-bond donors (Lipinski definition) is 0.